The number of hydrogen-bond acceptors (Lipinski definition) is 3. The van der Waals surface area contributed by atoms with Gasteiger partial charge in [-0.15, -0.1) is 0 Å². The maximum Gasteiger partial charge on any atom is 0.126 e. The summed E-state index contributed by atoms with van der Waals surface area (Å²) < 4.78 is 5.22. The van der Waals surface area contributed by atoms with E-state index >= 15 is 0 Å². The first-order chi connectivity index (χ1) is 5.88. The number of phenolic OH excluding ortho intramolecular Hbond substituents is 1. The lowest BCUT2D eigenvalue weighted by Gasteiger charge is -1.98. The van der Waals surface area contributed by atoms with E-state index in [-0.39, 0.29) is 0 Å². The highest BCUT2D eigenvalue weighted by atomic mass is 16.5. The van der Waals surface area contributed by atoms with Gasteiger partial charge in [-0.1, -0.05) is 6.07 Å². The lowest BCUT2D eigenvalue weighted by atomic mass is 10.1. The standard InChI is InChI=1S/C8H8O2.CH2O/c9-7-2-1-3-8-6(7)4-5-10-8;1-2/h1-3,9H,4-5H2;1H2. The highest BCUT2D eigenvalue weighted by Gasteiger charge is 2.14. The van der Waals surface area contributed by atoms with Crippen LogP contribution in [0.15, 0.2) is 18.2 Å². The molecular weight excluding hydrogens is 156 g/mol. The van der Waals surface area contributed by atoms with E-state index in [1.807, 2.05) is 12.9 Å². The summed E-state index contributed by atoms with van der Waals surface area (Å²) in [4.78, 5) is 8.00. The molecule has 0 unspecified atom stereocenters. The van der Waals surface area contributed by atoms with E-state index in [2.05, 4.69) is 0 Å². The van der Waals surface area contributed by atoms with Crippen molar-refractivity contribution in [1.29, 1.82) is 0 Å². The molecule has 0 aliphatic carbocycles. The van der Waals surface area contributed by atoms with Crippen molar-refractivity contribution in [3.05, 3.63) is 23.8 Å². The van der Waals surface area contributed by atoms with E-state index in [1.165, 1.54) is 0 Å². The minimum Gasteiger partial charge on any atom is -0.508 e. The summed E-state index contributed by atoms with van der Waals surface area (Å²) in [5.74, 6) is 1.19. The van der Waals surface area contributed by atoms with Crippen molar-refractivity contribution < 1.29 is 14.6 Å². The van der Waals surface area contributed by atoms with Crippen LogP contribution in [0.2, 0.25) is 0 Å². The molecule has 1 aliphatic heterocycles. The molecule has 1 aliphatic rings. The third kappa shape index (κ3) is 1.39. The van der Waals surface area contributed by atoms with Crippen molar-refractivity contribution in [2.45, 2.75) is 6.42 Å². The number of carbonyl (C=O) groups excluding carboxylic acids is 1. The van der Waals surface area contributed by atoms with E-state index in [0.717, 1.165) is 17.7 Å². The maximum absolute atomic E-state index is 9.25. The van der Waals surface area contributed by atoms with Crippen molar-refractivity contribution >= 4 is 6.79 Å². The Morgan fingerprint density at radius 3 is 2.83 bits per heavy atom. The van der Waals surface area contributed by atoms with Crippen LogP contribution in [0, 0.1) is 0 Å². The number of benzene rings is 1. The fourth-order valence-corrected chi connectivity index (χ4v) is 1.20. The van der Waals surface area contributed by atoms with Gasteiger partial charge in [0.1, 0.15) is 18.3 Å². The van der Waals surface area contributed by atoms with Gasteiger partial charge in [-0.05, 0) is 12.1 Å². The highest BCUT2D eigenvalue weighted by molar-refractivity contribution is 5.45. The second-order valence-corrected chi connectivity index (χ2v) is 2.35. The first kappa shape index (κ1) is 8.59. The van der Waals surface area contributed by atoms with E-state index < -0.39 is 0 Å². The second-order valence-electron chi connectivity index (χ2n) is 2.35. The molecule has 0 saturated carbocycles. The summed E-state index contributed by atoms with van der Waals surface area (Å²) in [6.45, 7) is 2.70. The van der Waals surface area contributed by atoms with Crippen LogP contribution in [0.5, 0.6) is 11.5 Å². The number of rotatable bonds is 0. The van der Waals surface area contributed by atoms with Crippen molar-refractivity contribution in [2.24, 2.45) is 0 Å². The lowest BCUT2D eigenvalue weighted by Crippen LogP contribution is -1.85. The SMILES string of the molecule is C=O.Oc1cccc2c1CCO2. The van der Waals surface area contributed by atoms with Crippen molar-refractivity contribution in [3.8, 4) is 11.5 Å². The first-order valence-corrected chi connectivity index (χ1v) is 3.60. The Labute approximate surface area is 70.6 Å². The molecule has 1 aromatic rings. The number of ether oxygens (including phenoxy) is 1. The number of hydrogen-bond donors (Lipinski definition) is 1. The van der Waals surface area contributed by atoms with E-state index in [1.54, 1.807) is 12.1 Å². The minimum absolute atomic E-state index is 0.356. The Morgan fingerprint density at radius 1 is 1.42 bits per heavy atom. The van der Waals surface area contributed by atoms with Gasteiger partial charge in [0, 0.05) is 12.0 Å². The molecular formula is C9H10O3. The van der Waals surface area contributed by atoms with Gasteiger partial charge in [-0.2, -0.15) is 0 Å². The van der Waals surface area contributed by atoms with Crippen LogP contribution in [0.3, 0.4) is 0 Å². The van der Waals surface area contributed by atoms with Crippen LogP contribution in [-0.4, -0.2) is 18.5 Å². The van der Waals surface area contributed by atoms with Crippen LogP contribution in [0.25, 0.3) is 0 Å². The Kier molecular flexibility index (Phi) is 2.69. The molecule has 0 radical (unpaired) electrons. The van der Waals surface area contributed by atoms with Gasteiger partial charge in [0.05, 0.1) is 6.61 Å². The fraction of sp³-hybridized carbons (Fsp3) is 0.222. The summed E-state index contributed by atoms with van der Waals surface area (Å²) in [6, 6.07) is 5.36. The molecule has 0 fully saturated rings. The summed E-state index contributed by atoms with van der Waals surface area (Å²) >= 11 is 0. The molecule has 0 spiro atoms. The van der Waals surface area contributed by atoms with Gasteiger partial charge in [0.25, 0.3) is 0 Å². The Balaban J connectivity index is 0.000000336. The average Bonchev–Trinajstić information content (AvgIpc) is 2.57. The monoisotopic (exact) mass is 166 g/mol. The van der Waals surface area contributed by atoms with E-state index in [0.29, 0.717) is 12.4 Å². The van der Waals surface area contributed by atoms with Gasteiger partial charge in [-0.3, -0.25) is 0 Å². The maximum atomic E-state index is 9.25. The largest absolute Gasteiger partial charge is 0.508 e. The first-order valence-electron chi connectivity index (χ1n) is 3.60. The number of aromatic hydroxyl groups is 1. The zero-order valence-corrected chi connectivity index (χ0v) is 6.62. The third-order valence-corrected chi connectivity index (χ3v) is 1.72. The van der Waals surface area contributed by atoms with Crippen LogP contribution >= 0.6 is 0 Å². The highest BCUT2D eigenvalue weighted by Crippen LogP contribution is 2.31. The van der Waals surface area contributed by atoms with Crippen LogP contribution in [0.4, 0.5) is 0 Å². The molecule has 1 aromatic carbocycles. The summed E-state index contributed by atoms with van der Waals surface area (Å²) in [5, 5.41) is 9.25. The molecule has 3 heteroatoms. The van der Waals surface area contributed by atoms with Crippen molar-refractivity contribution in [3.63, 3.8) is 0 Å². The average molecular weight is 166 g/mol. The summed E-state index contributed by atoms with van der Waals surface area (Å²) in [7, 11) is 0. The summed E-state index contributed by atoms with van der Waals surface area (Å²) in [6.07, 6.45) is 0.835. The quantitative estimate of drug-likeness (QED) is 0.628. The molecule has 0 bridgehead atoms. The normalized spacial score (nSPS) is 12.3. The van der Waals surface area contributed by atoms with Gasteiger partial charge >= 0.3 is 0 Å². The number of phenols is 1. The molecule has 0 aromatic heterocycles. The Hall–Kier alpha value is -1.51. The molecule has 3 nitrogen and oxygen atoms in total. The van der Waals surface area contributed by atoms with Gasteiger partial charge in [0.15, 0.2) is 0 Å². The Bertz CT molecular complexity index is 270. The number of carbonyl (C=O) groups is 1. The molecule has 2 rings (SSSR count). The predicted molar refractivity (Wildman–Crippen MR) is 44.4 cm³/mol. The molecule has 0 saturated heterocycles. The zero-order chi connectivity index (χ0) is 8.97. The van der Waals surface area contributed by atoms with Crippen molar-refractivity contribution in [2.75, 3.05) is 6.61 Å². The van der Waals surface area contributed by atoms with Gasteiger partial charge < -0.3 is 14.6 Å². The second kappa shape index (κ2) is 3.76. The van der Waals surface area contributed by atoms with Crippen LogP contribution < -0.4 is 4.74 Å². The fourth-order valence-electron chi connectivity index (χ4n) is 1.20. The lowest BCUT2D eigenvalue weighted by molar-refractivity contribution is -0.0979. The molecule has 1 N–H and O–H groups in total. The van der Waals surface area contributed by atoms with Crippen molar-refractivity contribution in [1.82, 2.24) is 0 Å². The van der Waals surface area contributed by atoms with Crippen LogP contribution in [-0.2, 0) is 11.2 Å². The topological polar surface area (TPSA) is 46.5 Å². The Morgan fingerprint density at radius 2 is 2.17 bits per heavy atom. The third-order valence-electron chi connectivity index (χ3n) is 1.72. The molecule has 0 amide bonds. The molecule has 0 atom stereocenters. The smallest absolute Gasteiger partial charge is 0.126 e. The summed E-state index contributed by atoms with van der Waals surface area (Å²) in [5.41, 5.74) is 0.947. The van der Waals surface area contributed by atoms with E-state index in [4.69, 9.17) is 9.53 Å². The van der Waals surface area contributed by atoms with Crippen LogP contribution in [0.1, 0.15) is 5.56 Å². The predicted octanol–water partition coefficient (Wildman–Crippen LogP) is 1.14. The van der Waals surface area contributed by atoms with Gasteiger partial charge in [0.2, 0.25) is 0 Å². The zero-order valence-electron chi connectivity index (χ0n) is 6.62. The molecule has 1 heterocycles. The van der Waals surface area contributed by atoms with E-state index in [9.17, 15) is 5.11 Å². The number of fused-ring (bicyclic) bond motifs is 1. The molecule has 64 valence electrons. The minimum atomic E-state index is 0.356. The molecule has 12 heavy (non-hydrogen) atoms. The van der Waals surface area contributed by atoms with Gasteiger partial charge in [-0.25, -0.2) is 0 Å².